The number of hydrogen-bond donors (Lipinski definition) is 1. The SMILES string of the molecule is CC(C)(C#N)C(O)c1cncc(Br)c1. The lowest BCUT2D eigenvalue weighted by molar-refractivity contribution is 0.0864. The summed E-state index contributed by atoms with van der Waals surface area (Å²) in [4.78, 5) is 3.94. The Balaban J connectivity index is 3.02. The first-order valence-corrected chi connectivity index (χ1v) is 4.96. The summed E-state index contributed by atoms with van der Waals surface area (Å²) in [6, 6.07) is 3.83. The largest absolute Gasteiger partial charge is 0.387 e. The van der Waals surface area contributed by atoms with Crippen molar-refractivity contribution >= 4 is 15.9 Å². The zero-order chi connectivity index (χ0) is 10.8. The Bertz CT molecular complexity index is 371. The lowest BCUT2D eigenvalue weighted by Crippen LogP contribution is -2.19. The topological polar surface area (TPSA) is 56.9 Å². The van der Waals surface area contributed by atoms with Crippen LogP contribution in [0.4, 0.5) is 0 Å². The van der Waals surface area contributed by atoms with Crippen LogP contribution >= 0.6 is 15.9 Å². The van der Waals surface area contributed by atoms with Crippen molar-refractivity contribution in [1.29, 1.82) is 5.26 Å². The van der Waals surface area contributed by atoms with Crippen LogP contribution in [-0.4, -0.2) is 10.1 Å². The standard InChI is InChI=1S/C10H11BrN2O/c1-10(2,6-12)9(14)7-3-8(11)5-13-4-7/h3-5,9,14H,1-2H3. The van der Waals surface area contributed by atoms with Crippen LogP contribution in [0, 0.1) is 16.7 Å². The first-order chi connectivity index (χ1) is 6.47. The Hall–Kier alpha value is -0.920. The number of hydrogen-bond acceptors (Lipinski definition) is 3. The monoisotopic (exact) mass is 254 g/mol. The van der Waals surface area contributed by atoms with E-state index < -0.39 is 11.5 Å². The molecule has 0 spiro atoms. The van der Waals surface area contributed by atoms with E-state index in [0.29, 0.717) is 5.56 Å². The number of rotatable bonds is 2. The second-order valence-electron chi connectivity index (χ2n) is 3.67. The molecule has 0 radical (unpaired) electrons. The number of aliphatic hydroxyl groups excluding tert-OH is 1. The maximum atomic E-state index is 9.89. The van der Waals surface area contributed by atoms with Crippen molar-refractivity contribution in [3.63, 3.8) is 0 Å². The van der Waals surface area contributed by atoms with E-state index >= 15 is 0 Å². The molecule has 0 amide bonds. The van der Waals surface area contributed by atoms with Crippen LogP contribution in [0.15, 0.2) is 22.9 Å². The maximum Gasteiger partial charge on any atom is 0.0986 e. The highest BCUT2D eigenvalue weighted by atomic mass is 79.9. The van der Waals surface area contributed by atoms with Crippen molar-refractivity contribution < 1.29 is 5.11 Å². The van der Waals surface area contributed by atoms with Gasteiger partial charge in [-0.05, 0) is 35.8 Å². The van der Waals surface area contributed by atoms with Crippen LogP contribution in [-0.2, 0) is 0 Å². The molecule has 1 unspecified atom stereocenters. The van der Waals surface area contributed by atoms with Crippen molar-refractivity contribution in [2.24, 2.45) is 5.41 Å². The van der Waals surface area contributed by atoms with Crippen LogP contribution in [0.25, 0.3) is 0 Å². The van der Waals surface area contributed by atoms with Crippen molar-refractivity contribution in [1.82, 2.24) is 4.98 Å². The molecule has 1 aromatic heterocycles. The Morgan fingerprint density at radius 2 is 2.21 bits per heavy atom. The van der Waals surface area contributed by atoms with E-state index in [1.165, 1.54) is 0 Å². The minimum Gasteiger partial charge on any atom is -0.387 e. The molecule has 14 heavy (non-hydrogen) atoms. The lowest BCUT2D eigenvalue weighted by atomic mass is 9.85. The van der Waals surface area contributed by atoms with E-state index in [1.54, 1.807) is 32.3 Å². The molecular weight excluding hydrogens is 244 g/mol. The zero-order valence-electron chi connectivity index (χ0n) is 8.03. The molecule has 1 rings (SSSR count). The van der Waals surface area contributed by atoms with Gasteiger partial charge >= 0.3 is 0 Å². The normalized spacial score (nSPS) is 13.4. The quantitative estimate of drug-likeness (QED) is 0.882. The fourth-order valence-corrected chi connectivity index (χ4v) is 1.44. The van der Waals surface area contributed by atoms with Crippen LogP contribution < -0.4 is 0 Å². The summed E-state index contributed by atoms with van der Waals surface area (Å²) in [6.45, 7) is 3.39. The predicted octanol–water partition coefficient (Wildman–Crippen LogP) is 2.43. The number of aliphatic hydroxyl groups is 1. The van der Waals surface area contributed by atoms with Gasteiger partial charge < -0.3 is 5.11 Å². The van der Waals surface area contributed by atoms with Crippen molar-refractivity contribution in [3.05, 3.63) is 28.5 Å². The Labute approximate surface area is 91.5 Å². The van der Waals surface area contributed by atoms with Gasteiger partial charge in [0.1, 0.15) is 0 Å². The molecule has 0 bridgehead atoms. The van der Waals surface area contributed by atoms with Gasteiger partial charge in [0.25, 0.3) is 0 Å². The summed E-state index contributed by atoms with van der Waals surface area (Å²) in [5.74, 6) is 0. The molecular formula is C10H11BrN2O. The molecule has 4 heteroatoms. The van der Waals surface area contributed by atoms with Crippen LogP contribution in [0.3, 0.4) is 0 Å². The molecule has 3 nitrogen and oxygen atoms in total. The Morgan fingerprint density at radius 1 is 1.57 bits per heavy atom. The number of nitriles is 1. The number of halogens is 1. The summed E-state index contributed by atoms with van der Waals surface area (Å²) in [5.41, 5.74) is -0.159. The average Bonchev–Trinajstić information content (AvgIpc) is 2.16. The molecule has 0 fully saturated rings. The Morgan fingerprint density at radius 3 is 2.71 bits per heavy atom. The fraction of sp³-hybridized carbons (Fsp3) is 0.400. The van der Waals surface area contributed by atoms with Gasteiger partial charge in [0.05, 0.1) is 17.6 Å². The molecule has 0 saturated carbocycles. The van der Waals surface area contributed by atoms with Crippen LogP contribution in [0.5, 0.6) is 0 Å². The van der Waals surface area contributed by atoms with E-state index in [9.17, 15) is 5.11 Å². The average molecular weight is 255 g/mol. The second kappa shape index (κ2) is 4.07. The first kappa shape index (κ1) is 11.2. The molecule has 1 N–H and O–H groups in total. The predicted molar refractivity (Wildman–Crippen MR) is 56.3 cm³/mol. The molecule has 0 aliphatic rings. The fourth-order valence-electron chi connectivity index (χ4n) is 1.06. The summed E-state index contributed by atoms with van der Waals surface area (Å²) >= 11 is 3.26. The van der Waals surface area contributed by atoms with Crippen LogP contribution in [0.1, 0.15) is 25.5 Å². The van der Waals surface area contributed by atoms with Gasteiger partial charge in [0.2, 0.25) is 0 Å². The van der Waals surface area contributed by atoms with Crippen molar-refractivity contribution in [2.45, 2.75) is 20.0 Å². The van der Waals surface area contributed by atoms with Gasteiger partial charge in [-0.15, -0.1) is 0 Å². The van der Waals surface area contributed by atoms with Gasteiger partial charge in [-0.2, -0.15) is 5.26 Å². The highest BCUT2D eigenvalue weighted by Gasteiger charge is 2.29. The number of nitrogens with zero attached hydrogens (tertiary/aromatic N) is 2. The van der Waals surface area contributed by atoms with Crippen molar-refractivity contribution in [2.75, 3.05) is 0 Å². The summed E-state index contributed by atoms with van der Waals surface area (Å²) < 4.78 is 0.794. The second-order valence-corrected chi connectivity index (χ2v) is 4.59. The number of aromatic nitrogens is 1. The summed E-state index contributed by atoms with van der Waals surface area (Å²) in [6.07, 6.45) is 2.38. The van der Waals surface area contributed by atoms with E-state index in [1.807, 2.05) is 0 Å². The van der Waals surface area contributed by atoms with E-state index in [4.69, 9.17) is 5.26 Å². The molecule has 0 saturated heterocycles. The third-order valence-corrected chi connectivity index (χ3v) is 2.45. The molecule has 1 heterocycles. The minimum absolute atomic E-state index is 0.644. The third kappa shape index (κ3) is 2.31. The molecule has 0 aliphatic heterocycles. The van der Waals surface area contributed by atoms with Gasteiger partial charge in [-0.1, -0.05) is 0 Å². The molecule has 1 atom stereocenters. The Kier molecular flexibility index (Phi) is 3.25. The van der Waals surface area contributed by atoms with Crippen LogP contribution in [0.2, 0.25) is 0 Å². The first-order valence-electron chi connectivity index (χ1n) is 4.17. The van der Waals surface area contributed by atoms with E-state index in [0.717, 1.165) is 4.47 Å². The summed E-state index contributed by atoms with van der Waals surface area (Å²) in [5, 5.41) is 18.7. The van der Waals surface area contributed by atoms with Gasteiger partial charge in [-0.3, -0.25) is 4.98 Å². The van der Waals surface area contributed by atoms with E-state index in [2.05, 4.69) is 27.0 Å². The molecule has 1 aromatic rings. The van der Waals surface area contributed by atoms with Crippen molar-refractivity contribution in [3.8, 4) is 6.07 Å². The number of pyridine rings is 1. The third-order valence-electron chi connectivity index (χ3n) is 2.01. The summed E-state index contributed by atoms with van der Waals surface area (Å²) in [7, 11) is 0. The molecule has 0 aromatic carbocycles. The smallest absolute Gasteiger partial charge is 0.0986 e. The highest BCUT2D eigenvalue weighted by molar-refractivity contribution is 9.10. The molecule has 0 aliphatic carbocycles. The highest BCUT2D eigenvalue weighted by Crippen LogP contribution is 2.32. The van der Waals surface area contributed by atoms with Gasteiger partial charge in [0, 0.05) is 22.4 Å². The maximum absolute atomic E-state index is 9.89. The zero-order valence-corrected chi connectivity index (χ0v) is 9.62. The minimum atomic E-state index is -0.822. The van der Waals surface area contributed by atoms with Gasteiger partial charge in [-0.25, -0.2) is 0 Å². The lowest BCUT2D eigenvalue weighted by Gasteiger charge is -2.22. The van der Waals surface area contributed by atoms with E-state index in [-0.39, 0.29) is 0 Å². The molecule has 74 valence electrons. The van der Waals surface area contributed by atoms with Gasteiger partial charge in [0.15, 0.2) is 0 Å².